The molecule has 0 bridgehead atoms. The van der Waals surface area contributed by atoms with E-state index in [0.717, 1.165) is 11.3 Å². The van der Waals surface area contributed by atoms with Crippen LogP contribution in [-0.4, -0.2) is 45.2 Å². The highest BCUT2D eigenvalue weighted by atomic mass is 32.2. The van der Waals surface area contributed by atoms with Gasteiger partial charge in [-0.25, -0.2) is 0 Å². The van der Waals surface area contributed by atoms with Crippen molar-refractivity contribution in [1.29, 1.82) is 0 Å². The van der Waals surface area contributed by atoms with Crippen molar-refractivity contribution in [3.63, 3.8) is 0 Å². The van der Waals surface area contributed by atoms with E-state index >= 15 is 0 Å². The molecular weight excluding hydrogens is 685 g/mol. The Bertz CT molecular complexity index is 1690. The number of ketones is 1. The molecule has 0 amide bonds. The Kier molecular flexibility index (Phi) is 7.93. The van der Waals surface area contributed by atoms with Crippen molar-refractivity contribution >= 4 is 196 Å². The Labute approximate surface area is 283 Å². The van der Waals surface area contributed by atoms with E-state index in [1.807, 2.05) is 23.5 Å². The summed E-state index contributed by atoms with van der Waals surface area (Å²) in [6.07, 6.45) is 0. The van der Waals surface area contributed by atoms with E-state index in [1.54, 1.807) is 8.29 Å². The van der Waals surface area contributed by atoms with Crippen LogP contribution >= 0.6 is 139 Å². The van der Waals surface area contributed by atoms with Crippen molar-refractivity contribution in [2.75, 3.05) is 4.31 Å². The molecule has 3 unspecified atom stereocenters. The van der Waals surface area contributed by atoms with Crippen LogP contribution in [0.25, 0.3) is 11.1 Å². The zero-order valence-electron chi connectivity index (χ0n) is 19.8. The van der Waals surface area contributed by atoms with Crippen LogP contribution in [0.3, 0.4) is 0 Å². The first-order chi connectivity index (χ1) is 17.4. The molecule has 196 valence electrons. The lowest BCUT2D eigenvalue weighted by Crippen LogP contribution is -2.45. The van der Waals surface area contributed by atoms with Crippen LogP contribution in [0.15, 0.2) is 25.3 Å². The molecule has 1 N–H and O–H groups in total. The molecule has 38 heavy (non-hydrogen) atoms. The third kappa shape index (κ3) is 3.80. The largest absolute Gasteiger partial charge is 0.506 e. The fourth-order valence-electron chi connectivity index (χ4n) is 5.42. The molecule has 2 aromatic carbocycles. The van der Waals surface area contributed by atoms with Gasteiger partial charge in [0.25, 0.3) is 0 Å². The monoisotopic (exact) mass is 705 g/mol. The summed E-state index contributed by atoms with van der Waals surface area (Å²) in [5, 5.41) is 11.7. The average Bonchev–Trinajstić information content (AvgIpc) is 3.14. The number of carbonyl (C=O) groups is 1. The topological polar surface area (TPSA) is 43.6 Å². The minimum Gasteiger partial charge on any atom is -0.506 e. The van der Waals surface area contributed by atoms with Crippen molar-refractivity contribution in [2.45, 2.75) is 39.1 Å². The summed E-state index contributed by atoms with van der Waals surface area (Å²) in [6, 6.07) is 0. The maximum absolute atomic E-state index is 13.9. The molecule has 2 aromatic rings. The number of carbonyl (C=O) groups excluding carboxylic acids is 1. The van der Waals surface area contributed by atoms with Gasteiger partial charge in [-0.1, -0.05) is 23.7 Å². The minimum atomic E-state index is -1.01. The van der Waals surface area contributed by atoms with Gasteiger partial charge >= 0.3 is 0 Å². The number of thiol groups is 11. The number of aliphatic hydroxyl groups excluding tert-OH is 1. The third-order valence-corrected chi connectivity index (χ3v) is 14.1. The number of rotatable bonds is 1. The molecule has 3 aliphatic rings. The lowest BCUT2D eigenvalue weighted by molar-refractivity contribution is -0.109. The van der Waals surface area contributed by atoms with E-state index in [2.05, 4.69) is 50.9 Å². The Morgan fingerprint density at radius 1 is 0.895 bits per heavy atom. The predicted molar refractivity (Wildman–Crippen MR) is 202 cm³/mol. The summed E-state index contributed by atoms with van der Waals surface area (Å²) in [5.41, 5.74) is 4.28. The predicted octanol–water partition coefficient (Wildman–Crippen LogP) is -0.685. The van der Waals surface area contributed by atoms with Crippen LogP contribution in [0.4, 0.5) is 5.69 Å². The van der Waals surface area contributed by atoms with Crippen LogP contribution in [0.1, 0.15) is 16.7 Å². The molecule has 5 rings (SSSR count). The Morgan fingerprint density at radius 2 is 1.47 bits per heavy atom. The van der Waals surface area contributed by atoms with E-state index in [4.69, 9.17) is 88.4 Å². The average molecular weight is 706 g/mol. The number of allylic oxidation sites excluding steroid dienone is 2. The Morgan fingerprint density at radius 3 is 2.03 bits per heavy atom. The molecule has 0 fully saturated rings. The quantitative estimate of drug-likeness (QED) is 0.0844. The van der Waals surface area contributed by atoms with Gasteiger partial charge in [0.1, 0.15) is 42.1 Å². The van der Waals surface area contributed by atoms with Crippen LogP contribution in [-0.2, 0) is 13.5 Å². The molecule has 3 atom stereocenters. The number of anilines is 1. The van der Waals surface area contributed by atoms with Crippen molar-refractivity contribution in [3.05, 3.63) is 33.0 Å². The van der Waals surface area contributed by atoms with Gasteiger partial charge in [-0.15, -0.1) is 92.4 Å². The zero-order chi connectivity index (χ0) is 28.5. The van der Waals surface area contributed by atoms with Gasteiger partial charge < -0.3 is 9.41 Å². The molecule has 18 heteroatoms. The van der Waals surface area contributed by atoms with Gasteiger partial charge in [0, 0.05) is 24.9 Å². The van der Waals surface area contributed by atoms with Gasteiger partial charge in [-0.2, -0.15) is 25.3 Å². The second-order valence-corrected chi connectivity index (χ2v) is 15.9. The number of hydrogen-bond donors (Lipinski definition) is 12. The molecule has 1 aliphatic carbocycles. The molecule has 0 aromatic heterocycles. The van der Waals surface area contributed by atoms with E-state index in [0.29, 0.717) is 52.2 Å². The molecule has 2 aliphatic heterocycles. The smallest absolute Gasteiger partial charge is 0.237 e. The number of nitrogens with zero attached hydrogens (tertiary/aromatic N) is 2. The summed E-state index contributed by atoms with van der Waals surface area (Å²) >= 11 is 51.8. The van der Waals surface area contributed by atoms with Crippen LogP contribution in [0.2, 0.25) is 0 Å². The first kappa shape index (κ1) is 30.6. The number of aliphatic hydroxyl groups is 1. The molecule has 2 heterocycles. The van der Waals surface area contributed by atoms with Crippen molar-refractivity contribution in [3.8, 4) is 0 Å². The van der Waals surface area contributed by atoms with Gasteiger partial charge in [0.15, 0.2) is 4.08 Å². The number of benzene rings is 2. The van der Waals surface area contributed by atoms with Gasteiger partial charge in [0.05, 0.1) is 32.7 Å². The summed E-state index contributed by atoms with van der Waals surface area (Å²) in [7, 11) is 5.56. The summed E-state index contributed by atoms with van der Waals surface area (Å²) in [4.78, 5) is 15.9. The van der Waals surface area contributed by atoms with Crippen molar-refractivity contribution in [2.24, 2.45) is 0 Å². The van der Waals surface area contributed by atoms with E-state index in [1.165, 1.54) is 0 Å². The second kappa shape index (κ2) is 9.85. The maximum Gasteiger partial charge on any atom is 0.237 e. The van der Waals surface area contributed by atoms with Crippen molar-refractivity contribution < 1.29 is 9.90 Å². The number of fused-ring (bicyclic) bond motifs is 2. The molecule has 0 saturated carbocycles. The van der Waals surface area contributed by atoms with Gasteiger partial charge in [-0.3, -0.25) is 4.79 Å². The molecule has 0 spiro atoms. The number of hydrogen-bond acceptors (Lipinski definition) is 14. The molecule has 4 nitrogen and oxygen atoms in total. The minimum absolute atomic E-state index is 0.135. The van der Waals surface area contributed by atoms with E-state index in [-0.39, 0.29) is 28.1 Å². The standard InChI is InChI=1S/C20H19B3N2O2S11/c21-7-1(14(29)16(31)9-5(7)20(35,36)18(33)25(9)38)3-11(26)4(12(3)27)2-8(22)15(30)10-6(13(2)28)19(23,34)17(32)24(10)37/h17-18,37-38H,21-23H2,(H9,26,27,28,29,30,31,32,33,34,35,36)/p+1. The van der Waals surface area contributed by atoms with Crippen LogP contribution < -0.4 is 29.8 Å². The Hall–Kier alpha value is 1.16. The second-order valence-electron chi connectivity index (χ2n) is 9.58. The fourth-order valence-corrected chi connectivity index (χ4v) is 10.0. The van der Waals surface area contributed by atoms with E-state index in [9.17, 15) is 9.90 Å². The molecular formula is C20H20B3N2O2S11+. The van der Waals surface area contributed by atoms with Gasteiger partial charge in [-0.05, 0) is 10.8 Å². The highest BCUT2D eigenvalue weighted by Crippen LogP contribution is 2.55. The first-order valence-electron chi connectivity index (χ1n) is 11.0. The fraction of sp³-hybridized carbons (Fsp3) is 0.200. The highest BCUT2D eigenvalue weighted by molar-refractivity contribution is 8.01. The zero-order valence-corrected chi connectivity index (χ0v) is 29.7. The van der Waals surface area contributed by atoms with Gasteiger partial charge in [0.2, 0.25) is 16.5 Å². The van der Waals surface area contributed by atoms with Crippen molar-refractivity contribution in [1.82, 2.24) is 3.98 Å². The maximum atomic E-state index is 13.9. The first-order valence-corrected chi connectivity index (χ1v) is 15.9. The van der Waals surface area contributed by atoms with Crippen LogP contribution in [0.5, 0.6) is 0 Å². The summed E-state index contributed by atoms with van der Waals surface area (Å²) in [5.74, 6) is -0.515. The third-order valence-electron chi connectivity index (χ3n) is 7.42. The SMILES string of the molecule is Bc1c(S)c2c(c(S)c1C1=C(O)/C(=c3/c(B)c4c(c(S)c3S)=[N+](S)C(S)C4(S)S)C1=O)C(B)(S)C(S)N2S. The lowest BCUT2D eigenvalue weighted by atomic mass is 9.72. The molecule has 0 saturated heterocycles. The Balaban J connectivity index is 1.86. The van der Waals surface area contributed by atoms with E-state index < -0.39 is 14.1 Å². The molecule has 0 radical (unpaired) electrons. The van der Waals surface area contributed by atoms with Crippen LogP contribution in [0, 0.1) is 0 Å². The normalized spacial score (nSPS) is 27.2. The summed E-state index contributed by atoms with van der Waals surface area (Å²) < 4.78 is 1.54. The highest BCUT2D eigenvalue weighted by Gasteiger charge is 2.51. The summed E-state index contributed by atoms with van der Waals surface area (Å²) in [6.45, 7) is 0. The lowest BCUT2D eigenvalue weighted by Gasteiger charge is -2.29. The number of Topliss-reactive ketones (excluding diaryl/α,β-unsaturated/α-hetero) is 1.